The van der Waals surface area contributed by atoms with Crippen molar-refractivity contribution in [3.05, 3.63) is 30.1 Å². The molecular weight excluding hydrogens is 262 g/mol. The average Bonchev–Trinajstić information content (AvgIpc) is 2.43. The minimum atomic E-state index is -1.97. The molecule has 1 aromatic rings. The van der Waals surface area contributed by atoms with Crippen LogP contribution in [-0.2, 0) is 11.2 Å². The highest BCUT2D eigenvalue weighted by atomic mass is 16.4. The van der Waals surface area contributed by atoms with Crippen molar-refractivity contribution in [2.45, 2.75) is 18.9 Å². The number of carboxylic acid groups (broad SMARTS) is 1. The Morgan fingerprint density at radius 1 is 1.40 bits per heavy atom. The quantitative estimate of drug-likeness (QED) is 0.686. The maximum Gasteiger partial charge on any atom is 0.337 e. The van der Waals surface area contributed by atoms with Gasteiger partial charge in [0.05, 0.1) is 6.54 Å². The maximum absolute atomic E-state index is 11.7. The normalized spacial score (nSPS) is 13.3. The van der Waals surface area contributed by atoms with Crippen LogP contribution in [0, 0.1) is 0 Å². The van der Waals surface area contributed by atoms with E-state index in [2.05, 4.69) is 10.3 Å². The molecule has 0 aliphatic carbocycles. The van der Waals surface area contributed by atoms with E-state index in [0.717, 1.165) is 12.5 Å². The Morgan fingerprint density at radius 3 is 2.55 bits per heavy atom. The minimum Gasteiger partial charge on any atom is -0.479 e. The van der Waals surface area contributed by atoms with Crippen LogP contribution in [0.4, 0.5) is 4.79 Å². The molecule has 0 aromatic carbocycles. The van der Waals surface area contributed by atoms with Crippen LogP contribution in [0.1, 0.15) is 12.5 Å². The lowest BCUT2D eigenvalue weighted by atomic mass is 10.1. The fraction of sp³-hybridized carbons (Fsp3) is 0.462. The van der Waals surface area contributed by atoms with Crippen molar-refractivity contribution in [1.82, 2.24) is 15.2 Å². The summed E-state index contributed by atoms with van der Waals surface area (Å²) in [4.78, 5) is 27.8. The fourth-order valence-corrected chi connectivity index (χ4v) is 1.41. The van der Waals surface area contributed by atoms with Crippen molar-refractivity contribution in [2.24, 2.45) is 0 Å². The molecule has 1 aromatic heterocycles. The molecule has 1 atom stereocenters. The van der Waals surface area contributed by atoms with Crippen LogP contribution in [0.2, 0.25) is 0 Å². The fourth-order valence-electron chi connectivity index (χ4n) is 1.41. The second kappa shape index (κ2) is 6.85. The summed E-state index contributed by atoms with van der Waals surface area (Å²) in [6, 6.07) is 3.29. The van der Waals surface area contributed by atoms with Gasteiger partial charge in [0.1, 0.15) is 0 Å². The SMILES string of the molecule is CN(CCc1ccncc1)C(=O)NCC(C)(O)C(=O)O. The maximum atomic E-state index is 11.7. The molecule has 7 nitrogen and oxygen atoms in total. The summed E-state index contributed by atoms with van der Waals surface area (Å²) in [6.45, 7) is 1.26. The molecule has 0 saturated carbocycles. The van der Waals surface area contributed by atoms with Gasteiger partial charge in [0.15, 0.2) is 5.60 Å². The lowest BCUT2D eigenvalue weighted by molar-refractivity contribution is -0.155. The highest BCUT2D eigenvalue weighted by Gasteiger charge is 2.30. The van der Waals surface area contributed by atoms with Crippen molar-refractivity contribution < 1.29 is 19.8 Å². The van der Waals surface area contributed by atoms with E-state index in [9.17, 15) is 14.7 Å². The van der Waals surface area contributed by atoms with E-state index in [1.54, 1.807) is 19.4 Å². The molecule has 0 bridgehead atoms. The third kappa shape index (κ3) is 4.85. The number of nitrogens with one attached hydrogen (secondary N) is 1. The molecule has 7 heteroatoms. The second-order valence-corrected chi connectivity index (χ2v) is 4.76. The minimum absolute atomic E-state index is 0.346. The Labute approximate surface area is 117 Å². The Hall–Kier alpha value is -2.15. The number of pyridine rings is 1. The van der Waals surface area contributed by atoms with Gasteiger partial charge >= 0.3 is 12.0 Å². The van der Waals surface area contributed by atoms with E-state index in [0.29, 0.717) is 13.0 Å². The first-order chi connectivity index (χ1) is 9.33. The first kappa shape index (κ1) is 15.9. The highest BCUT2D eigenvalue weighted by molar-refractivity contribution is 5.79. The van der Waals surface area contributed by atoms with Crippen molar-refractivity contribution in [2.75, 3.05) is 20.1 Å². The number of aromatic nitrogens is 1. The Kier molecular flexibility index (Phi) is 5.45. The van der Waals surface area contributed by atoms with E-state index in [1.165, 1.54) is 4.90 Å². The number of aliphatic hydroxyl groups is 1. The topological polar surface area (TPSA) is 103 Å². The van der Waals surface area contributed by atoms with Crippen molar-refractivity contribution >= 4 is 12.0 Å². The molecule has 110 valence electrons. The molecule has 20 heavy (non-hydrogen) atoms. The molecule has 0 aliphatic heterocycles. The molecule has 0 saturated heterocycles. The molecule has 2 amide bonds. The van der Waals surface area contributed by atoms with Gasteiger partial charge in [-0.05, 0) is 31.0 Å². The first-order valence-electron chi connectivity index (χ1n) is 6.16. The second-order valence-electron chi connectivity index (χ2n) is 4.76. The summed E-state index contributed by atoms with van der Waals surface area (Å²) in [5.74, 6) is -1.38. The van der Waals surface area contributed by atoms with Crippen LogP contribution >= 0.6 is 0 Å². The van der Waals surface area contributed by atoms with E-state index in [4.69, 9.17) is 5.11 Å². The number of nitrogens with zero attached hydrogens (tertiary/aromatic N) is 2. The predicted octanol–water partition coefficient (Wildman–Crippen LogP) is 0.101. The predicted molar refractivity (Wildman–Crippen MR) is 72.2 cm³/mol. The molecular formula is C13H19N3O4. The molecule has 1 rings (SSSR count). The summed E-state index contributed by atoms with van der Waals surface area (Å²) in [7, 11) is 1.60. The van der Waals surface area contributed by atoms with Gasteiger partial charge in [-0.25, -0.2) is 9.59 Å². The van der Waals surface area contributed by atoms with E-state index in [-0.39, 0.29) is 6.54 Å². The number of rotatable bonds is 6. The van der Waals surface area contributed by atoms with Gasteiger partial charge in [-0.15, -0.1) is 0 Å². The number of urea groups is 1. The summed E-state index contributed by atoms with van der Waals surface area (Å²) < 4.78 is 0. The largest absolute Gasteiger partial charge is 0.479 e. The zero-order valence-corrected chi connectivity index (χ0v) is 11.5. The Balaban J connectivity index is 2.38. The molecule has 3 N–H and O–H groups in total. The first-order valence-corrected chi connectivity index (χ1v) is 6.16. The average molecular weight is 281 g/mol. The van der Waals surface area contributed by atoms with E-state index >= 15 is 0 Å². The van der Waals surface area contributed by atoms with Crippen molar-refractivity contribution in [1.29, 1.82) is 0 Å². The molecule has 1 unspecified atom stereocenters. The molecule has 0 aliphatic rings. The van der Waals surface area contributed by atoms with E-state index < -0.39 is 17.6 Å². The zero-order chi connectivity index (χ0) is 15.2. The van der Waals surface area contributed by atoms with E-state index in [1.807, 2.05) is 12.1 Å². The highest BCUT2D eigenvalue weighted by Crippen LogP contribution is 2.02. The third-order valence-corrected chi connectivity index (χ3v) is 2.88. The van der Waals surface area contributed by atoms with Crippen molar-refractivity contribution in [3.63, 3.8) is 0 Å². The molecule has 0 spiro atoms. The van der Waals surface area contributed by atoms with Crippen LogP contribution in [0.15, 0.2) is 24.5 Å². The monoisotopic (exact) mass is 281 g/mol. The van der Waals surface area contributed by atoms with Crippen LogP contribution in [0.3, 0.4) is 0 Å². The number of amides is 2. The number of carbonyl (C=O) groups excluding carboxylic acids is 1. The van der Waals surface area contributed by atoms with Crippen LogP contribution in [-0.4, -0.2) is 57.8 Å². The number of aliphatic carboxylic acids is 1. The van der Waals surface area contributed by atoms with Gasteiger partial charge in [-0.3, -0.25) is 4.98 Å². The van der Waals surface area contributed by atoms with Gasteiger partial charge in [-0.2, -0.15) is 0 Å². The summed E-state index contributed by atoms with van der Waals surface area (Å²) in [6.07, 6.45) is 4.03. The van der Waals surface area contributed by atoms with Gasteiger partial charge in [0, 0.05) is 26.0 Å². The molecule has 0 radical (unpaired) electrons. The summed E-state index contributed by atoms with van der Waals surface area (Å²) in [5, 5.41) is 20.6. The zero-order valence-electron chi connectivity index (χ0n) is 11.5. The van der Waals surface area contributed by atoms with Gasteiger partial charge in [0.2, 0.25) is 0 Å². The Morgan fingerprint density at radius 2 is 2.00 bits per heavy atom. The summed E-state index contributed by atoms with van der Waals surface area (Å²) in [5.41, 5.74) is -0.918. The van der Waals surface area contributed by atoms with Gasteiger partial charge < -0.3 is 20.4 Å². The van der Waals surface area contributed by atoms with Gasteiger partial charge in [-0.1, -0.05) is 0 Å². The van der Waals surface area contributed by atoms with Gasteiger partial charge in [0.25, 0.3) is 0 Å². The van der Waals surface area contributed by atoms with Crippen LogP contribution in [0.25, 0.3) is 0 Å². The number of carboxylic acids is 1. The number of hydrogen-bond donors (Lipinski definition) is 3. The molecule has 1 heterocycles. The number of carbonyl (C=O) groups is 2. The summed E-state index contributed by atoms with van der Waals surface area (Å²) >= 11 is 0. The van der Waals surface area contributed by atoms with Crippen LogP contribution < -0.4 is 5.32 Å². The van der Waals surface area contributed by atoms with Crippen molar-refractivity contribution in [3.8, 4) is 0 Å². The number of likely N-dealkylation sites (N-methyl/N-ethyl adjacent to an activating group) is 1. The number of hydrogen-bond acceptors (Lipinski definition) is 4. The van der Waals surface area contributed by atoms with Crippen LogP contribution in [0.5, 0.6) is 0 Å². The molecule has 0 fully saturated rings. The lowest BCUT2D eigenvalue weighted by Gasteiger charge is -2.22. The lowest BCUT2D eigenvalue weighted by Crippen LogP contribution is -2.49. The third-order valence-electron chi connectivity index (χ3n) is 2.88. The smallest absolute Gasteiger partial charge is 0.337 e. The standard InChI is InChI=1S/C13H19N3O4/c1-13(20,11(17)18)9-15-12(19)16(2)8-5-10-3-6-14-7-4-10/h3-4,6-7,20H,5,8-9H2,1-2H3,(H,15,19)(H,17,18). The Bertz CT molecular complexity index is 462.